The number of carboxylic acid groups (broad SMARTS) is 1. The van der Waals surface area contributed by atoms with Crippen LogP contribution in [0.4, 0.5) is 10.1 Å². The Bertz CT molecular complexity index is 1150. The van der Waals surface area contributed by atoms with Crippen molar-refractivity contribution in [1.29, 1.82) is 0 Å². The van der Waals surface area contributed by atoms with Crippen molar-refractivity contribution in [2.75, 3.05) is 12.5 Å². The van der Waals surface area contributed by atoms with E-state index in [2.05, 4.69) is 10.5 Å². The second-order valence-electron chi connectivity index (χ2n) is 6.18. The third-order valence-corrected chi connectivity index (χ3v) is 4.40. The number of carbonyl (C=O) groups is 2. The van der Waals surface area contributed by atoms with Crippen LogP contribution >= 0.6 is 11.6 Å². The number of carbonyl (C=O) groups excluding carboxylic acids is 1. The topological polar surface area (TPSA) is 97.2 Å². The van der Waals surface area contributed by atoms with Gasteiger partial charge in [-0.1, -0.05) is 11.6 Å². The molecule has 0 bridgehead atoms. The van der Waals surface area contributed by atoms with Crippen LogP contribution in [0.5, 0.6) is 11.5 Å². The van der Waals surface area contributed by atoms with E-state index in [4.69, 9.17) is 26.2 Å². The molecule has 0 saturated carbocycles. The van der Waals surface area contributed by atoms with Crippen molar-refractivity contribution in [1.82, 2.24) is 0 Å². The molecular formula is C22H16ClFN2O5. The van der Waals surface area contributed by atoms with Crippen LogP contribution in [0.2, 0.25) is 5.02 Å². The number of hydrogen-bond acceptors (Lipinski definition) is 6. The minimum atomic E-state index is -1.15. The van der Waals surface area contributed by atoms with Crippen LogP contribution in [-0.2, 0) is 0 Å². The number of anilines is 1. The smallest absolute Gasteiger partial charge is 0.343 e. The number of ether oxygens (including phenoxy) is 2. The zero-order chi connectivity index (χ0) is 22.4. The highest BCUT2D eigenvalue weighted by molar-refractivity contribution is 6.33. The molecule has 0 aliphatic heterocycles. The van der Waals surface area contributed by atoms with Crippen LogP contribution in [-0.4, -0.2) is 30.4 Å². The zero-order valence-electron chi connectivity index (χ0n) is 16.1. The Kier molecular flexibility index (Phi) is 6.84. The van der Waals surface area contributed by atoms with Gasteiger partial charge in [-0.2, -0.15) is 5.10 Å². The van der Waals surface area contributed by atoms with E-state index in [-0.39, 0.29) is 21.9 Å². The minimum absolute atomic E-state index is 0.0455. The number of nitrogens with one attached hydrogen (secondary N) is 1. The first-order valence-corrected chi connectivity index (χ1v) is 9.23. The third-order valence-electron chi connectivity index (χ3n) is 4.07. The average molecular weight is 443 g/mol. The summed E-state index contributed by atoms with van der Waals surface area (Å²) in [4.78, 5) is 23.4. The van der Waals surface area contributed by atoms with Crippen LogP contribution in [0, 0.1) is 5.82 Å². The molecular weight excluding hydrogens is 427 g/mol. The lowest BCUT2D eigenvalue weighted by atomic mass is 10.2. The van der Waals surface area contributed by atoms with E-state index in [0.717, 1.165) is 0 Å². The first kappa shape index (κ1) is 21.8. The molecule has 0 atom stereocenters. The molecule has 9 heteroatoms. The number of esters is 1. The number of benzene rings is 3. The van der Waals surface area contributed by atoms with E-state index >= 15 is 0 Å². The van der Waals surface area contributed by atoms with Crippen molar-refractivity contribution in [2.45, 2.75) is 0 Å². The summed E-state index contributed by atoms with van der Waals surface area (Å²) in [6.45, 7) is 0. The van der Waals surface area contributed by atoms with Crippen LogP contribution in [0.3, 0.4) is 0 Å². The molecule has 0 fully saturated rings. The molecule has 0 radical (unpaired) electrons. The summed E-state index contributed by atoms with van der Waals surface area (Å²) < 4.78 is 23.6. The molecule has 0 amide bonds. The van der Waals surface area contributed by atoms with Crippen LogP contribution in [0.1, 0.15) is 26.3 Å². The molecule has 3 aromatic rings. The second kappa shape index (κ2) is 9.73. The number of nitrogens with zero attached hydrogens (tertiary/aromatic N) is 1. The minimum Gasteiger partial charge on any atom is -0.493 e. The Morgan fingerprint density at radius 3 is 2.48 bits per heavy atom. The van der Waals surface area contributed by atoms with Crippen LogP contribution < -0.4 is 14.9 Å². The Hall–Kier alpha value is -3.91. The number of hydrogen-bond donors (Lipinski definition) is 2. The Labute approximate surface area is 181 Å². The Balaban J connectivity index is 1.71. The van der Waals surface area contributed by atoms with E-state index in [1.54, 1.807) is 18.2 Å². The van der Waals surface area contributed by atoms with E-state index in [1.807, 2.05) is 0 Å². The fourth-order valence-corrected chi connectivity index (χ4v) is 2.73. The predicted octanol–water partition coefficient (Wildman–Crippen LogP) is 4.85. The number of rotatable bonds is 7. The first-order chi connectivity index (χ1) is 14.9. The van der Waals surface area contributed by atoms with Crippen molar-refractivity contribution in [3.63, 3.8) is 0 Å². The van der Waals surface area contributed by atoms with Crippen LogP contribution in [0.15, 0.2) is 65.8 Å². The maximum Gasteiger partial charge on any atom is 0.343 e. The zero-order valence-corrected chi connectivity index (χ0v) is 16.9. The summed E-state index contributed by atoms with van der Waals surface area (Å²) >= 11 is 5.84. The average Bonchev–Trinajstić information content (AvgIpc) is 2.76. The summed E-state index contributed by atoms with van der Waals surface area (Å²) in [6, 6.07) is 14.2. The fraction of sp³-hybridized carbons (Fsp3) is 0.0455. The Morgan fingerprint density at radius 1 is 1.06 bits per heavy atom. The molecule has 0 saturated heterocycles. The number of aromatic carboxylic acids is 1. The van der Waals surface area contributed by atoms with Gasteiger partial charge in [0.05, 0.1) is 35.2 Å². The normalized spacial score (nSPS) is 10.7. The van der Waals surface area contributed by atoms with E-state index < -0.39 is 17.8 Å². The maximum absolute atomic E-state index is 13.0. The standard InChI is InChI=1S/C22H16ClFN2O5/c1-30-20-10-13(12-25-26-16-7-8-18(23)17(11-16)21(27)28)2-9-19(20)31-22(29)14-3-5-15(24)6-4-14/h2-12,26H,1H3,(H,27,28). The summed E-state index contributed by atoms with van der Waals surface area (Å²) in [6.07, 6.45) is 1.48. The third kappa shape index (κ3) is 5.58. The summed E-state index contributed by atoms with van der Waals surface area (Å²) in [7, 11) is 1.42. The highest BCUT2D eigenvalue weighted by atomic mass is 35.5. The maximum atomic E-state index is 13.0. The van der Waals surface area contributed by atoms with Gasteiger partial charge < -0.3 is 14.6 Å². The summed E-state index contributed by atoms with van der Waals surface area (Å²) in [5, 5.41) is 13.3. The molecule has 0 spiro atoms. The largest absolute Gasteiger partial charge is 0.493 e. The van der Waals surface area contributed by atoms with Crippen molar-refractivity contribution < 1.29 is 28.6 Å². The summed E-state index contributed by atoms with van der Waals surface area (Å²) in [5.41, 5.74) is 3.93. The van der Waals surface area contributed by atoms with Crippen molar-refractivity contribution in [2.24, 2.45) is 5.10 Å². The lowest BCUT2D eigenvalue weighted by Gasteiger charge is -2.10. The van der Waals surface area contributed by atoms with Crippen LogP contribution in [0.25, 0.3) is 0 Å². The summed E-state index contributed by atoms with van der Waals surface area (Å²) in [5.74, 6) is -1.78. The number of methoxy groups -OCH3 is 1. The molecule has 0 unspecified atom stereocenters. The van der Waals surface area contributed by atoms with Gasteiger partial charge in [0.1, 0.15) is 5.82 Å². The molecule has 158 valence electrons. The molecule has 31 heavy (non-hydrogen) atoms. The number of carboxylic acids is 1. The fourth-order valence-electron chi connectivity index (χ4n) is 2.53. The Morgan fingerprint density at radius 2 is 1.81 bits per heavy atom. The molecule has 0 heterocycles. The molecule has 0 aromatic heterocycles. The van der Waals surface area contributed by atoms with Gasteiger partial charge in [0.15, 0.2) is 11.5 Å². The monoisotopic (exact) mass is 442 g/mol. The lowest BCUT2D eigenvalue weighted by molar-refractivity contribution is 0.0694. The molecule has 7 nitrogen and oxygen atoms in total. The van der Waals surface area contributed by atoms with Crippen molar-refractivity contribution in [3.05, 3.63) is 88.2 Å². The molecule has 0 aliphatic carbocycles. The quantitative estimate of drug-likeness (QED) is 0.235. The van der Waals surface area contributed by atoms with Gasteiger partial charge in [-0.15, -0.1) is 0 Å². The molecule has 3 aromatic carbocycles. The van der Waals surface area contributed by atoms with E-state index in [9.17, 15) is 14.0 Å². The number of hydrazone groups is 1. The predicted molar refractivity (Wildman–Crippen MR) is 114 cm³/mol. The van der Waals surface area contributed by atoms with Crippen molar-refractivity contribution >= 4 is 35.4 Å². The van der Waals surface area contributed by atoms with Gasteiger partial charge in [-0.05, 0) is 66.2 Å². The van der Waals surface area contributed by atoms with E-state index in [1.165, 1.54) is 55.8 Å². The SMILES string of the molecule is COc1cc(C=NNc2ccc(Cl)c(C(=O)O)c2)ccc1OC(=O)c1ccc(F)cc1. The molecule has 0 aliphatic rings. The first-order valence-electron chi connectivity index (χ1n) is 8.85. The number of halogens is 2. The van der Waals surface area contributed by atoms with Gasteiger partial charge in [-0.25, -0.2) is 14.0 Å². The second-order valence-corrected chi connectivity index (χ2v) is 6.58. The molecule has 2 N–H and O–H groups in total. The van der Waals surface area contributed by atoms with Gasteiger partial charge in [0.25, 0.3) is 0 Å². The van der Waals surface area contributed by atoms with Crippen molar-refractivity contribution in [3.8, 4) is 11.5 Å². The van der Waals surface area contributed by atoms with E-state index in [0.29, 0.717) is 17.0 Å². The lowest BCUT2D eigenvalue weighted by Crippen LogP contribution is -2.09. The van der Waals surface area contributed by atoms with Gasteiger partial charge in [0.2, 0.25) is 0 Å². The highest BCUT2D eigenvalue weighted by Gasteiger charge is 2.13. The van der Waals surface area contributed by atoms with Gasteiger partial charge in [-0.3, -0.25) is 5.43 Å². The van der Waals surface area contributed by atoms with Gasteiger partial charge >= 0.3 is 11.9 Å². The van der Waals surface area contributed by atoms with Gasteiger partial charge in [0, 0.05) is 0 Å². The highest BCUT2D eigenvalue weighted by Crippen LogP contribution is 2.28. The molecule has 3 rings (SSSR count).